The molecule has 0 N–H and O–H groups in total. The maximum absolute atomic E-state index is 5.95. The minimum absolute atomic E-state index is 0.501. The van der Waals surface area contributed by atoms with Gasteiger partial charge in [0.25, 0.3) is 0 Å². The first kappa shape index (κ1) is 12.7. The maximum Gasteiger partial charge on any atom is 0.147 e. The van der Waals surface area contributed by atoms with E-state index in [0.29, 0.717) is 10.4 Å². The van der Waals surface area contributed by atoms with Crippen LogP contribution in [0.25, 0.3) is 0 Å². The molecule has 0 spiro atoms. The van der Waals surface area contributed by atoms with E-state index in [4.69, 9.17) is 11.6 Å². The van der Waals surface area contributed by atoms with Gasteiger partial charge in [-0.1, -0.05) is 31.4 Å². The van der Waals surface area contributed by atoms with Crippen LogP contribution in [0, 0.1) is 5.92 Å². The highest BCUT2D eigenvalue weighted by Crippen LogP contribution is 2.39. The number of hydrogen-bond acceptors (Lipinski definition) is 3. The van der Waals surface area contributed by atoms with Gasteiger partial charge in [-0.25, -0.2) is 9.97 Å². The second-order valence-corrected chi connectivity index (χ2v) is 6.74. The standard InChI is InChI=1S/C11H14BrClN2S/c1-7-3-2-4-8(5-7)16-11-9(12)10(13)14-6-15-11/h6-8H,2-5H2,1H3. The molecule has 1 aromatic rings. The van der Waals surface area contributed by atoms with Gasteiger partial charge in [0.1, 0.15) is 16.5 Å². The molecule has 2 rings (SSSR count). The van der Waals surface area contributed by atoms with Gasteiger partial charge < -0.3 is 0 Å². The molecular formula is C11H14BrClN2S. The Bertz CT molecular complexity index is 375. The van der Waals surface area contributed by atoms with Gasteiger partial charge in [-0.3, -0.25) is 0 Å². The molecule has 0 saturated heterocycles. The second kappa shape index (κ2) is 5.69. The van der Waals surface area contributed by atoms with Crippen LogP contribution in [0.3, 0.4) is 0 Å². The van der Waals surface area contributed by atoms with E-state index in [9.17, 15) is 0 Å². The van der Waals surface area contributed by atoms with Crippen LogP contribution in [0.4, 0.5) is 0 Å². The fraction of sp³-hybridized carbons (Fsp3) is 0.636. The van der Waals surface area contributed by atoms with Gasteiger partial charge >= 0.3 is 0 Å². The predicted octanol–water partition coefficient (Wildman–Crippen LogP) is 4.56. The average molecular weight is 322 g/mol. The highest BCUT2D eigenvalue weighted by molar-refractivity contribution is 9.10. The number of halogens is 2. The lowest BCUT2D eigenvalue weighted by Crippen LogP contribution is -2.15. The Morgan fingerprint density at radius 2 is 2.25 bits per heavy atom. The molecule has 2 nitrogen and oxygen atoms in total. The zero-order valence-electron chi connectivity index (χ0n) is 9.12. The third-order valence-corrected chi connectivity index (χ3v) is 5.70. The van der Waals surface area contributed by atoms with Crippen molar-refractivity contribution >= 4 is 39.3 Å². The number of rotatable bonds is 2. The molecule has 2 atom stereocenters. The smallest absolute Gasteiger partial charge is 0.147 e. The molecule has 1 saturated carbocycles. The van der Waals surface area contributed by atoms with Crippen LogP contribution < -0.4 is 0 Å². The minimum Gasteiger partial charge on any atom is -0.229 e. The van der Waals surface area contributed by atoms with E-state index in [-0.39, 0.29) is 0 Å². The van der Waals surface area contributed by atoms with E-state index in [1.165, 1.54) is 32.0 Å². The zero-order valence-corrected chi connectivity index (χ0v) is 12.3. The lowest BCUT2D eigenvalue weighted by Gasteiger charge is -2.25. The molecule has 1 aliphatic rings. The van der Waals surface area contributed by atoms with Crippen molar-refractivity contribution in [2.75, 3.05) is 0 Å². The SMILES string of the molecule is CC1CCCC(Sc2ncnc(Cl)c2Br)C1. The summed E-state index contributed by atoms with van der Waals surface area (Å²) < 4.78 is 0.833. The van der Waals surface area contributed by atoms with Crippen molar-refractivity contribution < 1.29 is 0 Å². The summed E-state index contributed by atoms with van der Waals surface area (Å²) in [4.78, 5) is 8.22. The summed E-state index contributed by atoms with van der Waals surface area (Å²) in [6.45, 7) is 2.33. The van der Waals surface area contributed by atoms with Crippen LogP contribution in [0.5, 0.6) is 0 Å². The monoisotopic (exact) mass is 320 g/mol. The van der Waals surface area contributed by atoms with Gasteiger partial charge in [-0.05, 0) is 34.7 Å². The quantitative estimate of drug-likeness (QED) is 0.747. The Labute approximate surface area is 114 Å². The van der Waals surface area contributed by atoms with Crippen LogP contribution in [0.2, 0.25) is 5.15 Å². The fourth-order valence-corrected chi connectivity index (χ4v) is 4.07. The van der Waals surface area contributed by atoms with Crippen LogP contribution in [-0.2, 0) is 0 Å². The molecule has 0 aromatic carbocycles. The van der Waals surface area contributed by atoms with Crippen LogP contribution in [-0.4, -0.2) is 15.2 Å². The fourth-order valence-electron chi connectivity index (χ4n) is 2.06. The molecule has 0 bridgehead atoms. The molecule has 0 radical (unpaired) electrons. The number of nitrogens with zero attached hydrogens (tertiary/aromatic N) is 2. The lowest BCUT2D eigenvalue weighted by atomic mass is 9.91. The summed E-state index contributed by atoms with van der Waals surface area (Å²) in [6, 6.07) is 0. The molecule has 16 heavy (non-hydrogen) atoms. The van der Waals surface area contributed by atoms with Crippen molar-refractivity contribution in [3.63, 3.8) is 0 Å². The second-order valence-electron chi connectivity index (χ2n) is 4.30. The molecule has 5 heteroatoms. The summed E-state index contributed by atoms with van der Waals surface area (Å²) in [5.74, 6) is 0.835. The van der Waals surface area contributed by atoms with Crippen molar-refractivity contribution in [1.29, 1.82) is 0 Å². The topological polar surface area (TPSA) is 25.8 Å². The van der Waals surface area contributed by atoms with Gasteiger partial charge in [-0.2, -0.15) is 0 Å². The van der Waals surface area contributed by atoms with Crippen LogP contribution >= 0.6 is 39.3 Å². The third kappa shape index (κ3) is 3.11. The van der Waals surface area contributed by atoms with E-state index >= 15 is 0 Å². The van der Waals surface area contributed by atoms with Crippen molar-refractivity contribution in [2.45, 2.75) is 42.9 Å². The van der Waals surface area contributed by atoms with E-state index in [1.54, 1.807) is 0 Å². The number of aromatic nitrogens is 2. The van der Waals surface area contributed by atoms with E-state index in [2.05, 4.69) is 32.8 Å². The lowest BCUT2D eigenvalue weighted by molar-refractivity contribution is 0.394. The molecule has 0 amide bonds. The molecule has 2 unspecified atom stereocenters. The van der Waals surface area contributed by atoms with Crippen molar-refractivity contribution in [3.05, 3.63) is 16.0 Å². The van der Waals surface area contributed by atoms with Crippen molar-refractivity contribution in [1.82, 2.24) is 9.97 Å². The summed E-state index contributed by atoms with van der Waals surface area (Å²) in [6.07, 6.45) is 6.78. The maximum atomic E-state index is 5.95. The normalized spacial score (nSPS) is 25.7. The average Bonchev–Trinajstić information content (AvgIpc) is 2.25. The first-order valence-electron chi connectivity index (χ1n) is 5.49. The van der Waals surface area contributed by atoms with E-state index < -0.39 is 0 Å². The van der Waals surface area contributed by atoms with Crippen LogP contribution in [0.15, 0.2) is 15.8 Å². The van der Waals surface area contributed by atoms with Gasteiger partial charge in [0, 0.05) is 5.25 Å². The number of hydrogen-bond donors (Lipinski definition) is 0. The highest BCUT2D eigenvalue weighted by Gasteiger charge is 2.21. The van der Waals surface area contributed by atoms with E-state index in [0.717, 1.165) is 15.4 Å². The first-order chi connectivity index (χ1) is 7.66. The first-order valence-corrected chi connectivity index (χ1v) is 7.54. The van der Waals surface area contributed by atoms with Gasteiger partial charge in [0.15, 0.2) is 0 Å². The van der Waals surface area contributed by atoms with E-state index in [1.807, 2.05) is 11.8 Å². The van der Waals surface area contributed by atoms with Crippen molar-refractivity contribution in [3.8, 4) is 0 Å². The Kier molecular flexibility index (Phi) is 4.50. The van der Waals surface area contributed by atoms with Gasteiger partial charge in [0.2, 0.25) is 0 Å². The summed E-state index contributed by atoms with van der Waals surface area (Å²) in [5.41, 5.74) is 0. The molecule has 1 heterocycles. The summed E-state index contributed by atoms with van der Waals surface area (Å²) >= 11 is 11.2. The van der Waals surface area contributed by atoms with Crippen LogP contribution in [0.1, 0.15) is 32.6 Å². The molecule has 88 valence electrons. The largest absolute Gasteiger partial charge is 0.229 e. The predicted molar refractivity (Wildman–Crippen MR) is 72.0 cm³/mol. The van der Waals surface area contributed by atoms with Crippen molar-refractivity contribution in [2.24, 2.45) is 5.92 Å². The molecular weight excluding hydrogens is 308 g/mol. The number of thioether (sulfide) groups is 1. The Balaban J connectivity index is 2.05. The zero-order chi connectivity index (χ0) is 11.5. The molecule has 1 aliphatic carbocycles. The highest BCUT2D eigenvalue weighted by atomic mass is 79.9. The molecule has 1 aromatic heterocycles. The van der Waals surface area contributed by atoms with Gasteiger partial charge in [0.05, 0.1) is 4.47 Å². The summed E-state index contributed by atoms with van der Waals surface area (Å²) in [7, 11) is 0. The minimum atomic E-state index is 0.501. The Morgan fingerprint density at radius 3 is 3.00 bits per heavy atom. The molecule has 0 aliphatic heterocycles. The third-order valence-electron chi connectivity index (χ3n) is 2.88. The molecule has 1 fully saturated rings. The Hall–Kier alpha value is 0.200. The van der Waals surface area contributed by atoms with Gasteiger partial charge in [-0.15, -0.1) is 11.8 Å². The summed E-state index contributed by atoms with van der Waals surface area (Å²) in [5, 5.41) is 2.14. The Morgan fingerprint density at radius 1 is 1.44 bits per heavy atom.